The minimum atomic E-state index is 0.752. The van der Waals surface area contributed by atoms with Crippen LogP contribution in [0.4, 0.5) is 5.82 Å². The van der Waals surface area contributed by atoms with Crippen LogP contribution in [0.25, 0.3) is 5.65 Å². The van der Waals surface area contributed by atoms with Gasteiger partial charge >= 0.3 is 0 Å². The first-order valence-electron chi connectivity index (χ1n) is 4.34. The van der Waals surface area contributed by atoms with E-state index in [1.54, 1.807) is 0 Å². The number of hydrogen-bond donors (Lipinski definition) is 1. The Hall–Kier alpha value is -1.17. The first-order chi connectivity index (χ1) is 6.72. The molecule has 0 saturated heterocycles. The van der Waals surface area contributed by atoms with Crippen LogP contribution in [-0.2, 0) is 0 Å². The zero-order valence-corrected chi connectivity index (χ0v) is 9.54. The normalized spacial score (nSPS) is 10.8. The standard InChI is InChI=1S/C8H10BrN5/c1-3-10-7-8-13-12-5(2)14(8)4-6(9)11-7/h4H,3H2,1-2H3,(H,10,11). The molecule has 5 nitrogen and oxygen atoms in total. The van der Waals surface area contributed by atoms with Gasteiger partial charge in [0.15, 0.2) is 5.82 Å². The average Bonchev–Trinajstić information content (AvgIpc) is 2.49. The van der Waals surface area contributed by atoms with Gasteiger partial charge in [-0.2, -0.15) is 0 Å². The van der Waals surface area contributed by atoms with Crippen molar-refractivity contribution in [1.82, 2.24) is 19.6 Å². The lowest BCUT2D eigenvalue weighted by atomic mass is 10.5. The average molecular weight is 256 g/mol. The van der Waals surface area contributed by atoms with Crippen LogP contribution in [-0.4, -0.2) is 26.1 Å². The Kier molecular flexibility index (Phi) is 2.37. The maximum atomic E-state index is 4.29. The summed E-state index contributed by atoms with van der Waals surface area (Å²) >= 11 is 3.34. The van der Waals surface area contributed by atoms with Gasteiger partial charge in [-0.05, 0) is 29.8 Å². The topological polar surface area (TPSA) is 55.1 Å². The van der Waals surface area contributed by atoms with Gasteiger partial charge in [0.1, 0.15) is 10.4 Å². The van der Waals surface area contributed by atoms with Crippen LogP contribution in [0.15, 0.2) is 10.8 Å². The molecule has 2 rings (SSSR count). The molecule has 0 aliphatic carbocycles. The van der Waals surface area contributed by atoms with Crippen molar-refractivity contribution in [2.45, 2.75) is 13.8 Å². The lowest BCUT2D eigenvalue weighted by Gasteiger charge is -2.04. The highest BCUT2D eigenvalue weighted by atomic mass is 79.9. The minimum Gasteiger partial charge on any atom is -0.367 e. The third kappa shape index (κ3) is 1.45. The summed E-state index contributed by atoms with van der Waals surface area (Å²) in [6, 6.07) is 0. The molecule has 74 valence electrons. The predicted molar refractivity (Wildman–Crippen MR) is 57.4 cm³/mol. The fraction of sp³-hybridized carbons (Fsp3) is 0.375. The molecule has 0 atom stereocenters. The second kappa shape index (κ2) is 3.53. The van der Waals surface area contributed by atoms with Crippen molar-refractivity contribution in [2.24, 2.45) is 0 Å². The molecule has 0 saturated carbocycles. The second-order valence-corrected chi connectivity index (χ2v) is 3.70. The van der Waals surface area contributed by atoms with Gasteiger partial charge in [0, 0.05) is 12.7 Å². The number of aryl methyl sites for hydroxylation is 1. The molecular weight excluding hydrogens is 246 g/mol. The summed E-state index contributed by atoms with van der Waals surface area (Å²) in [6.07, 6.45) is 1.85. The first kappa shape index (κ1) is 9.39. The van der Waals surface area contributed by atoms with Gasteiger partial charge < -0.3 is 5.32 Å². The van der Waals surface area contributed by atoms with Crippen molar-refractivity contribution >= 4 is 27.4 Å². The summed E-state index contributed by atoms with van der Waals surface area (Å²) in [7, 11) is 0. The molecule has 2 aromatic rings. The SMILES string of the molecule is CCNc1nc(Br)cn2c(C)nnc12. The molecule has 0 bridgehead atoms. The van der Waals surface area contributed by atoms with Gasteiger partial charge in [-0.3, -0.25) is 4.40 Å². The third-order valence-electron chi connectivity index (χ3n) is 1.88. The van der Waals surface area contributed by atoms with Crippen molar-refractivity contribution in [3.8, 4) is 0 Å². The van der Waals surface area contributed by atoms with E-state index in [9.17, 15) is 0 Å². The molecule has 0 aliphatic rings. The molecule has 0 aromatic carbocycles. The van der Waals surface area contributed by atoms with Gasteiger partial charge in [0.25, 0.3) is 0 Å². The largest absolute Gasteiger partial charge is 0.367 e. The molecule has 0 spiro atoms. The summed E-state index contributed by atoms with van der Waals surface area (Å²) < 4.78 is 2.67. The number of anilines is 1. The zero-order valence-electron chi connectivity index (χ0n) is 7.95. The van der Waals surface area contributed by atoms with E-state index in [-0.39, 0.29) is 0 Å². The fourth-order valence-electron chi connectivity index (χ4n) is 1.26. The number of nitrogens with zero attached hydrogens (tertiary/aromatic N) is 4. The van der Waals surface area contributed by atoms with Gasteiger partial charge in [-0.1, -0.05) is 0 Å². The van der Waals surface area contributed by atoms with Crippen LogP contribution in [0.3, 0.4) is 0 Å². The highest BCUT2D eigenvalue weighted by Crippen LogP contribution is 2.17. The van der Waals surface area contributed by atoms with Crippen molar-refractivity contribution in [2.75, 3.05) is 11.9 Å². The molecule has 0 fully saturated rings. The predicted octanol–water partition coefficient (Wildman–Crippen LogP) is 1.63. The Labute approximate surface area is 89.7 Å². The van der Waals surface area contributed by atoms with Crippen LogP contribution in [0, 0.1) is 6.92 Å². The van der Waals surface area contributed by atoms with Crippen LogP contribution < -0.4 is 5.32 Å². The molecule has 0 radical (unpaired) electrons. The number of halogens is 1. The molecule has 1 N–H and O–H groups in total. The van der Waals surface area contributed by atoms with E-state index in [0.717, 1.165) is 28.4 Å². The summed E-state index contributed by atoms with van der Waals surface area (Å²) in [5, 5.41) is 11.2. The third-order valence-corrected chi connectivity index (χ3v) is 2.26. The molecule has 14 heavy (non-hydrogen) atoms. The van der Waals surface area contributed by atoms with Crippen molar-refractivity contribution < 1.29 is 0 Å². The number of rotatable bonds is 2. The van der Waals surface area contributed by atoms with E-state index < -0.39 is 0 Å². The van der Waals surface area contributed by atoms with Gasteiger partial charge in [-0.15, -0.1) is 10.2 Å². The Morgan fingerprint density at radius 2 is 2.29 bits per heavy atom. The molecule has 0 unspecified atom stereocenters. The van der Waals surface area contributed by atoms with Crippen molar-refractivity contribution in [3.05, 3.63) is 16.6 Å². The van der Waals surface area contributed by atoms with Gasteiger partial charge in [0.05, 0.1) is 0 Å². The number of fused-ring (bicyclic) bond motifs is 1. The van der Waals surface area contributed by atoms with Crippen LogP contribution in [0.5, 0.6) is 0 Å². The Bertz CT molecular complexity index is 464. The molecule has 2 aromatic heterocycles. The fourth-order valence-corrected chi connectivity index (χ4v) is 1.65. The molecule has 2 heterocycles. The van der Waals surface area contributed by atoms with Gasteiger partial charge in [-0.25, -0.2) is 4.98 Å². The summed E-state index contributed by atoms with van der Waals surface area (Å²) in [6.45, 7) is 4.73. The van der Waals surface area contributed by atoms with Gasteiger partial charge in [0.2, 0.25) is 5.65 Å². The van der Waals surface area contributed by atoms with Crippen LogP contribution in [0.2, 0.25) is 0 Å². The minimum absolute atomic E-state index is 0.752. The monoisotopic (exact) mass is 255 g/mol. The maximum Gasteiger partial charge on any atom is 0.203 e. The molecular formula is C8H10BrN5. The zero-order chi connectivity index (χ0) is 10.1. The number of aromatic nitrogens is 4. The summed E-state index contributed by atoms with van der Waals surface area (Å²) in [5.74, 6) is 1.60. The van der Waals surface area contributed by atoms with E-state index >= 15 is 0 Å². The lowest BCUT2D eigenvalue weighted by molar-refractivity contribution is 0.995. The van der Waals surface area contributed by atoms with E-state index in [1.807, 2.05) is 24.4 Å². The number of nitrogens with one attached hydrogen (secondary N) is 1. The van der Waals surface area contributed by atoms with E-state index in [1.165, 1.54) is 0 Å². The highest BCUT2D eigenvalue weighted by molar-refractivity contribution is 9.10. The summed E-state index contributed by atoms with van der Waals surface area (Å²) in [4.78, 5) is 4.29. The van der Waals surface area contributed by atoms with Crippen molar-refractivity contribution in [3.63, 3.8) is 0 Å². The molecule has 0 amide bonds. The Morgan fingerprint density at radius 3 is 3.00 bits per heavy atom. The van der Waals surface area contributed by atoms with E-state index in [0.29, 0.717) is 0 Å². The van der Waals surface area contributed by atoms with E-state index in [2.05, 4.69) is 36.4 Å². The Morgan fingerprint density at radius 1 is 1.50 bits per heavy atom. The molecule has 0 aliphatic heterocycles. The summed E-state index contributed by atoms with van der Waals surface area (Å²) in [5.41, 5.74) is 0.757. The smallest absolute Gasteiger partial charge is 0.203 e. The maximum absolute atomic E-state index is 4.29. The molecule has 6 heteroatoms. The number of hydrogen-bond acceptors (Lipinski definition) is 4. The first-order valence-corrected chi connectivity index (χ1v) is 5.13. The van der Waals surface area contributed by atoms with Crippen LogP contribution in [0.1, 0.15) is 12.7 Å². The highest BCUT2D eigenvalue weighted by Gasteiger charge is 2.08. The quantitative estimate of drug-likeness (QED) is 0.887. The second-order valence-electron chi connectivity index (χ2n) is 2.88. The van der Waals surface area contributed by atoms with E-state index in [4.69, 9.17) is 0 Å². The lowest BCUT2D eigenvalue weighted by Crippen LogP contribution is -2.03. The van der Waals surface area contributed by atoms with Crippen molar-refractivity contribution in [1.29, 1.82) is 0 Å². The Balaban J connectivity index is 2.68. The van der Waals surface area contributed by atoms with Crippen LogP contribution >= 0.6 is 15.9 Å².